The normalized spacial score (nSPS) is 15.4. The SMILES string of the molecule is CC(C)(C)OC(=O)Nc1ccc2[nH]c(C(=O)N3CC(CCl)c4c3cc(O)c3ccccc43)cc2c1. The highest BCUT2D eigenvalue weighted by atomic mass is 35.5. The molecule has 0 aliphatic carbocycles. The molecule has 1 atom stereocenters. The van der Waals surface area contributed by atoms with Gasteiger partial charge >= 0.3 is 6.09 Å². The molecule has 0 saturated heterocycles. The summed E-state index contributed by atoms with van der Waals surface area (Å²) in [5.74, 6) is 0.223. The third-order valence-electron chi connectivity index (χ3n) is 6.07. The van der Waals surface area contributed by atoms with Gasteiger partial charge in [-0.3, -0.25) is 10.1 Å². The van der Waals surface area contributed by atoms with E-state index in [0.29, 0.717) is 29.5 Å². The maximum Gasteiger partial charge on any atom is 0.412 e. The summed E-state index contributed by atoms with van der Waals surface area (Å²) in [6.07, 6.45) is -0.545. The Hall–Kier alpha value is -3.71. The Kier molecular flexibility index (Phi) is 5.60. The molecule has 0 spiro atoms. The number of hydrogen-bond acceptors (Lipinski definition) is 4. The summed E-state index contributed by atoms with van der Waals surface area (Å²) >= 11 is 6.30. The van der Waals surface area contributed by atoms with E-state index in [1.54, 1.807) is 56.0 Å². The van der Waals surface area contributed by atoms with Crippen LogP contribution in [0.1, 0.15) is 42.7 Å². The molecule has 3 aromatic carbocycles. The maximum atomic E-state index is 13.6. The first kappa shape index (κ1) is 23.1. The van der Waals surface area contributed by atoms with Crippen LogP contribution in [0.15, 0.2) is 54.6 Å². The van der Waals surface area contributed by atoms with E-state index in [9.17, 15) is 14.7 Å². The minimum Gasteiger partial charge on any atom is -0.507 e. The second-order valence-electron chi connectivity index (χ2n) is 9.75. The van der Waals surface area contributed by atoms with Gasteiger partial charge in [-0.05, 0) is 56.0 Å². The predicted octanol–water partition coefficient (Wildman–Crippen LogP) is 6.36. The highest BCUT2D eigenvalue weighted by Gasteiger charge is 2.35. The van der Waals surface area contributed by atoms with Crippen LogP contribution in [0.5, 0.6) is 5.75 Å². The van der Waals surface area contributed by atoms with E-state index in [2.05, 4.69) is 10.3 Å². The van der Waals surface area contributed by atoms with Crippen LogP contribution in [0.3, 0.4) is 0 Å². The number of aromatic hydroxyl groups is 1. The molecule has 180 valence electrons. The van der Waals surface area contributed by atoms with E-state index >= 15 is 0 Å². The molecule has 8 heteroatoms. The number of carbonyl (C=O) groups is 2. The van der Waals surface area contributed by atoms with Gasteiger partial charge in [0.2, 0.25) is 0 Å². The van der Waals surface area contributed by atoms with Gasteiger partial charge in [-0.25, -0.2) is 4.79 Å². The van der Waals surface area contributed by atoms with Crippen molar-refractivity contribution < 1.29 is 19.4 Å². The summed E-state index contributed by atoms with van der Waals surface area (Å²) in [6.45, 7) is 5.82. The Morgan fingerprint density at radius 2 is 1.89 bits per heavy atom. The molecule has 0 saturated carbocycles. The van der Waals surface area contributed by atoms with Crippen LogP contribution in [0.25, 0.3) is 21.7 Å². The van der Waals surface area contributed by atoms with Crippen molar-refractivity contribution in [2.24, 2.45) is 0 Å². The Morgan fingerprint density at radius 1 is 1.14 bits per heavy atom. The van der Waals surface area contributed by atoms with Crippen LogP contribution in [-0.4, -0.2) is 40.1 Å². The molecule has 1 aliphatic rings. The number of hydrogen-bond donors (Lipinski definition) is 3. The van der Waals surface area contributed by atoms with Gasteiger partial charge in [0.1, 0.15) is 17.0 Å². The number of ether oxygens (including phenoxy) is 1. The highest BCUT2D eigenvalue weighted by Crippen LogP contribution is 2.45. The number of amides is 2. The number of aromatic nitrogens is 1. The third kappa shape index (κ3) is 4.28. The first-order valence-electron chi connectivity index (χ1n) is 11.4. The minimum atomic E-state index is -0.603. The van der Waals surface area contributed by atoms with Crippen molar-refractivity contribution in [2.75, 3.05) is 22.6 Å². The molecular weight excluding hydrogens is 466 g/mol. The number of phenolic OH excluding ortho intramolecular Hbond substituents is 1. The molecule has 5 rings (SSSR count). The van der Waals surface area contributed by atoms with Crippen LogP contribution in [-0.2, 0) is 4.74 Å². The van der Waals surface area contributed by atoms with Gasteiger partial charge in [0.15, 0.2) is 0 Å². The lowest BCUT2D eigenvalue weighted by molar-refractivity contribution is 0.0635. The number of aromatic amines is 1. The molecule has 1 aromatic heterocycles. The Balaban J connectivity index is 1.47. The number of carbonyl (C=O) groups excluding carboxylic acids is 2. The molecule has 7 nitrogen and oxygen atoms in total. The monoisotopic (exact) mass is 491 g/mol. The molecule has 4 aromatic rings. The third-order valence-corrected chi connectivity index (χ3v) is 6.44. The Morgan fingerprint density at radius 3 is 2.60 bits per heavy atom. The van der Waals surface area contributed by atoms with E-state index in [-0.39, 0.29) is 17.6 Å². The summed E-state index contributed by atoms with van der Waals surface area (Å²) in [5.41, 5.74) is 2.77. The highest BCUT2D eigenvalue weighted by molar-refractivity contribution is 6.19. The Bertz CT molecular complexity index is 1470. The smallest absolute Gasteiger partial charge is 0.412 e. The number of phenols is 1. The number of halogens is 1. The van der Waals surface area contributed by atoms with E-state index in [4.69, 9.17) is 16.3 Å². The van der Waals surface area contributed by atoms with Crippen LogP contribution in [0, 0.1) is 0 Å². The lowest BCUT2D eigenvalue weighted by Crippen LogP contribution is -2.30. The van der Waals surface area contributed by atoms with Crippen molar-refractivity contribution >= 4 is 56.7 Å². The average Bonchev–Trinajstić information content (AvgIpc) is 3.38. The lowest BCUT2D eigenvalue weighted by atomic mass is 9.95. The predicted molar refractivity (Wildman–Crippen MR) is 139 cm³/mol. The van der Waals surface area contributed by atoms with Crippen molar-refractivity contribution in [3.63, 3.8) is 0 Å². The molecule has 0 fully saturated rings. The van der Waals surface area contributed by atoms with Gasteiger partial charge in [0.05, 0.1) is 5.69 Å². The van der Waals surface area contributed by atoms with E-state index < -0.39 is 11.7 Å². The number of alkyl halides is 1. The summed E-state index contributed by atoms with van der Waals surface area (Å²) in [6, 6.07) is 16.3. The van der Waals surface area contributed by atoms with Gasteiger partial charge in [0, 0.05) is 46.4 Å². The fraction of sp³-hybridized carbons (Fsp3) is 0.259. The quantitative estimate of drug-likeness (QED) is 0.291. The van der Waals surface area contributed by atoms with Crippen LogP contribution >= 0.6 is 11.6 Å². The zero-order valence-corrected chi connectivity index (χ0v) is 20.4. The molecular formula is C27H26ClN3O4. The molecule has 3 N–H and O–H groups in total. The molecule has 0 bridgehead atoms. The van der Waals surface area contributed by atoms with Gasteiger partial charge in [-0.1, -0.05) is 24.3 Å². The topological polar surface area (TPSA) is 94.7 Å². The Labute approximate surface area is 207 Å². The van der Waals surface area contributed by atoms with Crippen molar-refractivity contribution in [3.8, 4) is 5.75 Å². The van der Waals surface area contributed by atoms with Gasteiger partial charge in [0.25, 0.3) is 5.91 Å². The number of H-pyrrole nitrogens is 1. The second kappa shape index (κ2) is 8.50. The van der Waals surface area contributed by atoms with Crippen LogP contribution in [0.2, 0.25) is 0 Å². The largest absolute Gasteiger partial charge is 0.507 e. The number of fused-ring (bicyclic) bond motifs is 4. The molecule has 1 aliphatic heterocycles. The number of rotatable bonds is 3. The molecule has 1 unspecified atom stereocenters. The fourth-order valence-electron chi connectivity index (χ4n) is 4.64. The van der Waals surface area contributed by atoms with Gasteiger partial charge in [-0.15, -0.1) is 11.6 Å². The fourth-order valence-corrected chi connectivity index (χ4v) is 4.89. The van der Waals surface area contributed by atoms with Crippen molar-refractivity contribution in [1.82, 2.24) is 4.98 Å². The molecule has 2 heterocycles. The van der Waals surface area contributed by atoms with E-state index in [1.807, 2.05) is 24.3 Å². The van der Waals surface area contributed by atoms with Crippen LogP contribution < -0.4 is 10.2 Å². The standard InChI is InChI=1S/C27H26ClN3O4/c1-27(2,3)35-26(34)29-17-8-9-20-15(10-17)11-21(30-20)25(33)31-14-16(13-28)24-19-7-5-4-6-18(19)23(32)12-22(24)31/h4-12,16,30,32H,13-14H2,1-3H3,(H,29,34). The second-order valence-corrected chi connectivity index (χ2v) is 10.1. The lowest BCUT2D eigenvalue weighted by Gasteiger charge is -2.19. The average molecular weight is 492 g/mol. The molecule has 0 radical (unpaired) electrons. The summed E-state index contributed by atoms with van der Waals surface area (Å²) in [7, 11) is 0. The van der Waals surface area contributed by atoms with E-state index in [1.165, 1.54) is 0 Å². The van der Waals surface area contributed by atoms with Crippen molar-refractivity contribution in [2.45, 2.75) is 32.3 Å². The van der Waals surface area contributed by atoms with Crippen molar-refractivity contribution in [1.29, 1.82) is 0 Å². The van der Waals surface area contributed by atoms with Gasteiger partial charge in [-0.2, -0.15) is 0 Å². The molecule has 2 amide bonds. The minimum absolute atomic E-state index is 0.0462. The summed E-state index contributed by atoms with van der Waals surface area (Å²) in [5, 5.41) is 15.8. The number of anilines is 2. The first-order valence-corrected chi connectivity index (χ1v) is 11.9. The maximum absolute atomic E-state index is 13.6. The summed E-state index contributed by atoms with van der Waals surface area (Å²) in [4.78, 5) is 30.5. The van der Waals surface area contributed by atoms with Crippen molar-refractivity contribution in [3.05, 3.63) is 65.9 Å². The first-order chi connectivity index (χ1) is 16.6. The number of nitrogens with zero attached hydrogens (tertiary/aromatic N) is 1. The zero-order valence-electron chi connectivity index (χ0n) is 19.7. The van der Waals surface area contributed by atoms with E-state index in [0.717, 1.165) is 27.2 Å². The number of benzene rings is 3. The summed E-state index contributed by atoms with van der Waals surface area (Å²) < 4.78 is 5.31. The zero-order chi connectivity index (χ0) is 24.9. The number of nitrogens with one attached hydrogen (secondary N) is 2. The van der Waals surface area contributed by atoms with Gasteiger partial charge < -0.3 is 19.7 Å². The van der Waals surface area contributed by atoms with Crippen LogP contribution in [0.4, 0.5) is 16.2 Å². The molecule has 35 heavy (non-hydrogen) atoms.